The van der Waals surface area contributed by atoms with Crippen LogP contribution in [0.1, 0.15) is 11.1 Å². The zero-order valence-corrected chi connectivity index (χ0v) is 11.1. The lowest BCUT2D eigenvalue weighted by molar-refractivity contribution is -0.133. The van der Waals surface area contributed by atoms with Gasteiger partial charge in [0.2, 0.25) is 0 Å². The maximum Gasteiger partial charge on any atom is 0.339 e. The highest BCUT2D eigenvalue weighted by atomic mass is 19.1. The second kappa shape index (κ2) is 6.81. The average Bonchev–Trinajstić information content (AvgIpc) is 2.46. The summed E-state index contributed by atoms with van der Waals surface area (Å²) in [6.45, 7) is -0.333. The van der Waals surface area contributed by atoms with E-state index in [1.807, 2.05) is 0 Å². The molecule has 0 unspecified atom stereocenters. The molecule has 0 heterocycles. The van der Waals surface area contributed by atoms with E-state index in [9.17, 15) is 13.6 Å². The predicted octanol–water partition coefficient (Wildman–Crippen LogP) is 2.98. The van der Waals surface area contributed by atoms with E-state index in [1.54, 1.807) is 18.2 Å². The van der Waals surface area contributed by atoms with Gasteiger partial charge < -0.3 is 5.73 Å². The summed E-state index contributed by atoms with van der Waals surface area (Å²) < 4.78 is 27.0. The summed E-state index contributed by atoms with van der Waals surface area (Å²) in [6, 6.07) is 11.1. The number of carbonyl (C=O) groups excluding carboxylic acids is 1. The molecule has 0 bridgehead atoms. The zero-order chi connectivity index (χ0) is 15.2. The van der Waals surface area contributed by atoms with Crippen molar-refractivity contribution in [3.05, 3.63) is 71.3 Å². The van der Waals surface area contributed by atoms with Crippen LogP contribution in [-0.2, 0) is 18.0 Å². The van der Waals surface area contributed by atoms with Crippen molar-refractivity contribution in [2.24, 2.45) is 5.73 Å². The van der Waals surface area contributed by atoms with Crippen LogP contribution in [0.5, 0.6) is 0 Å². The number of nitrogens with zero attached hydrogens (tertiary/aromatic N) is 1. The Bertz CT molecular complexity index is 635. The van der Waals surface area contributed by atoms with Crippen LogP contribution in [0.3, 0.4) is 0 Å². The van der Waals surface area contributed by atoms with Gasteiger partial charge in [-0.2, -0.15) is 5.06 Å². The van der Waals surface area contributed by atoms with Crippen LogP contribution < -0.4 is 5.73 Å². The summed E-state index contributed by atoms with van der Waals surface area (Å²) in [4.78, 5) is 16.5. The fourth-order valence-corrected chi connectivity index (χ4v) is 1.73. The van der Waals surface area contributed by atoms with Gasteiger partial charge in [0.05, 0.1) is 6.54 Å². The van der Waals surface area contributed by atoms with E-state index in [-0.39, 0.29) is 24.3 Å². The molecule has 0 aliphatic carbocycles. The Balaban J connectivity index is 2.05. The molecule has 0 aliphatic rings. The number of benzene rings is 2. The molecule has 0 aromatic heterocycles. The van der Waals surface area contributed by atoms with Gasteiger partial charge in [-0.15, -0.1) is 0 Å². The fraction of sp³-hybridized carbons (Fsp3) is 0.133. The molecule has 0 saturated carbocycles. The number of amides is 2. The van der Waals surface area contributed by atoms with Crippen LogP contribution in [0.25, 0.3) is 0 Å². The van der Waals surface area contributed by atoms with E-state index in [1.165, 1.54) is 30.3 Å². The molecule has 2 amide bonds. The Labute approximate surface area is 120 Å². The van der Waals surface area contributed by atoms with Gasteiger partial charge in [0.1, 0.15) is 18.2 Å². The molecule has 21 heavy (non-hydrogen) atoms. The Morgan fingerprint density at radius 3 is 2.05 bits per heavy atom. The molecule has 2 rings (SSSR count). The fourth-order valence-electron chi connectivity index (χ4n) is 1.73. The van der Waals surface area contributed by atoms with E-state index in [2.05, 4.69) is 0 Å². The number of hydrogen-bond acceptors (Lipinski definition) is 2. The highest BCUT2D eigenvalue weighted by molar-refractivity contribution is 5.70. The lowest BCUT2D eigenvalue weighted by atomic mass is 10.2. The van der Waals surface area contributed by atoms with Crippen LogP contribution in [0, 0.1) is 11.6 Å². The molecule has 2 N–H and O–H groups in total. The number of hydroxylamine groups is 2. The first-order valence-electron chi connectivity index (χ1n) is 6.24. The topological polar surface area (TPSA) is 55.6 Å². The second-order valence-electron chi connectivity index (χ2n) is 4.33. The van der Waals surface area contributed by atoms with Gasteiger partial charge in [-0.25, -0.2) is 13.6 Å². The number of urea groups is 1. The third kappa shape index (κ3) is 4.00. The lowest BCUT2D eigenvalue weighted by Crippen LogP contribution is -2.35. The third-order valence-corrected chi connectivity index (χ3v) is 2.85. The average molecular weight is 292 g/mol. The van der Waals surface area contributed by atoms with Crippen molar-refractivity contribution < 1.29 is 18.4 Å². The molecule has 0 aliphatic heterocycles. The minimum atomic E-state index is -0.880. The summed E-state index contributed by atoms with van der Waals surface area (Å²) in [6.07, 6.45) is 0. The monoisotopic (exact) mass is 292 g/mol. The van der Waals surface area contributed by atoms with Crippen LogP contribution in [0.4, 0.5) is 13.6 Å². The van der Waals surface area contributed by atoms with Crippen LogP contribution >= 0.6 is 0 Å². The van der Waals surface area contributed by atoms with E-state index in [4.69, 9.17) is 10.6 Å². The minimum absolute atomic E-state index is 0.156. The van der Waals surface area contributed by atoms with Crippen molar-refractivity contribution in [3.63, 3.8) is 0 Å². The molecule has 0 fully saturated rings. The predicted molar refractivity (Wildman–Crippen MR) is 72.7 cm³/mol. The van der Waals surface area contributed by atoms with Crippen LogP contribution in [0.15, 0.2) is 48.5 Å². The van der Waals surface area contributed by atoms with Gasteiger partial charge in [0.25, 0.3) is 0 Å². The molecule has 0 atom stereocenters. The molecule has 0 spiro atoms. The van der Waals surface area contributed by atoms with Crippen molar-refractivity contribution in [1.29, 1.82) is 0 Å². The van der Waals surface area contributed by atoms with E-state index in [0.29, 0.717) is 0 Å². The molecule has 6 heteroatoms. The van der Waals surface area contributed by atoms with Gasteiger partial charge in [-0.3, -0.25) is 4.84 Å². The van der Waals surface area contributed by atoms with E-state index >= 15 is 0 Å². The number of nitrogens with two attached hydrogens (primary N) is 1. The first kappa shape index (κ1) is 14.9. The Morgan fingerprint density at radius 1 is 1.00 bits per heavy atom. The van der Waals surface area contributed by atoms with Crippen LogP contribution in [0.2, 0.25) is 0 Å². The van der Waals surface area contributed by atoms with Gasteiger partial charge in [-0.05, 0) is 12.1 Å². The van der Waals surface area contributed by atoms with E-state index in [0.717, 1.165) is 5.06 Å². The SMILES string of the molecule is NC(=O)N(Cc1ccccc1F)OCc1ccccc1F. The summed E-state index contributed by atoms with van der Waals surface area (Å²) in [5.74, 6) is -0.925. The quantitative estimate of drug-likeness (QED) is 0.861. The molecule has 110 valence electrons. The number of carbonyl (C=O) groups is 1. The van der Waals surface area contributed by atoms with Gasteiger partial charge >= 0.3 is 6.03 Å². The standard InChI is InChI=1S/C15H14F2N2O2/c16-13-7-3-1-5-11(13)9-19(15(18)20)21-10-12-6-2-4-8-14(12)17/h1-8H,9-10H2,(H2,18,20). The van der Waals surface area contributed by atoms with Crippen molar-refractivity contribution >= 4 is 6.03 Å². The third-order valence-electron chi connectivity index (χ3n) is 2.85. The normalized spacial score (nSPS) is 10.4. The first-order valence-corrected chi connectivity index (χ1v) is 6.24. The van der Waals surface area contributed by atoms with Gasteiger partial charge in [0, 0.05) is 11.1 Å². The van der Waals surface area contributed by atoms with Crippen LogP contribution in [-0.4, -0.2) is 11.1 Å². The second-order valence-corrected chi connectivity index (χ2v) is 4.33. The molecular formula is C15H14F2N2O2. The van der Waals surface area contributed by atoms with Crippen molar-refractivity contribution in [2.75, 3.05) is 0 Å². The molecule has 2 aromatic rings. The maximum absolute atomic E-state index is 13.5. The van der Waals surface area contributed by atoms with Crippen molar-refractivity contribution in [3.8, 4) is 0 Å². The summed E-state index contributed by atoms with van der Waals surface area (Å²) in [7, 11) is 0. The Hall–Kier alpha value is -2.47. The molecule has 0 saturated heterocycles. The van der Waals surface area contributed by atoms with Gasteiger partial charge in [-0.1, -0.05) is 36.4 Å². The number of halogens is 2. The first-order chi connectivity index (χ1) is 10.1. The summed E-state index contributed by atoms with van der Waals surface area (Å²) in [5.41, 5.74) is 5.71. The Kier molecular flexibility index (Phi) is 4.84. The largest absolute Gasteiger partial charge is 0.350 e. The number of rotatable bonds is 5. The number of primary amides is 1. The molecule has 2 aromatic carbocycles. The molecular weight excluding hydrogens is 278 g/mol. The molecule has 0 radical (unpaired) electrons. The maximum atomic E-state index is 13.5. The summed E-state index contributed by atoms with van der Waals surface area (Å²) in [5, 5.41) is 0.796. The van der Waals surface area contributed by atoms with E-state index < -0.39 is 17.7 Å². The smallest absolute Gasteiger partial charge is 0.339 e. The zero-order valence-electron chi connectivity index (χ0n) is 11.1. The Morgan fingerprint density at radius 2 is 1.52 bits per heavy atom. The summed E-state index contributed by atoms with van der Waals surface area (Å²) >= 11 is 0. The highest BCUT2D eigenvalue weighted by Crippen LogP contribution is 2.13. The van der Waals surface area contributed by atoms with Crippen molar-refractivity contribution in [2.45, 2.75) is 13.2 Å². The van der Waals surface area contributed by atoms with Crippen molar-refractivity contribution in [1.82, 2.24) is 5.06 Å². The van der Waals surface area contributed by atoms with Gasteiger partial charge in [0.15, 0.2) is 0 Å². The lowest BCUT2D eigenvalue weighted by Gasteiger charge is -2.20. The minimum Gasteiger partial charge on any atom is -0.350 e. The molecule has 4 nitrogen and oxygen atoms in total. The highest BCUT2D eigenvalue weighted by Gasteiger charge is 2.14. The number of hydrogen-bond donors (Lipinski definition) is 1.